The third kappa shape index (κ3) is 7.00. The molecule has 0 aromatic heterocycles. The maximum absolute atomic E-state index is 12.8. The van der Waals surface area contributed by atoms with Gasteiger partial charge in [0.1, 0.15) is 5.82 Å². The molecule has 0 amide bonds. The van der Waals surface area contributed by atoms with Gasteiger partial charge in [-0.05, 0) is 42.2 Å². The van der Waals surface area contributed by atoms with E-state index in [0.29, 0.717) is 13.3 Å². The highest BCUT2D eigenvalue weighted by molar-refractivity contribution is 6.74. The van der Waals surface area contributed by atoms with Gasteiger partial charge in [-0.15, -0.1) is 0 Å². The van der Waals surface area contributed by atoms with E-state index in [2.05, 4.69) is 39.2 Å². The molecule has 0 fully saturated rings. The minimum Gasteiger partial charge on any atom is -0.416 e. The molecule has 0 atom stereocenters. The molecule has 0 radical (unpaired) electrons. The molecule has 0 saturated carbocycles. The lowest BCUT2D eigenvalue weighted by Crippen LogP contribution is -2.42. The van der Waals surface area contributed by atoms with Gasteiger partial charge in [0.15, 0.2) is 8.32 Å². The van der Waals surface area contributed by atoms with Crippen molar-refractivity contribution >= 4 is 8.32 Å². The van der Waals surface area contributed by atoms with Crippen LogP contribution < -0.4 is 5.32 Å². The molecule has 1 rings (SSSR count). The summed E-state index contributed by atoms with van der Waals surface area (Å²) in [5, 5.41) is 3.47. The Kier molecular flexibility index (Phi) is 7.69. The Hall–Kier alpha value is -0.753. The van der Waals surface area contributed by atoms with E-state index >= 15 is 0 Å². The van der Waals surface area contributed by atoms with Gasteiger partial charge in [-0.25, -0.2) is 4.39 Å². The third-order valence-corrected chi connectivity index (χ3v) is 8.74. The van der Waals surface area contributed by atoms with Crippen LogP contribution in [0, 0.1) is 5.82 Å². The highest BCUT2D eigenvalue weighted by Crippen LogP contribution is 2.36. The summed E-state index contributed by atoms with van der Waals surface area (Å²) in [5.74, 6) is -0.201. The van der Waals surface area contributed by atoms with E-state index in [1.165, 1.54) is 12.1 Å². The van der Waals surface area contributed by atoms with Crippen LogP contribution in [0.25, 0.3) is 0 Å². The molecule has 5 heteroatoms. The van der Waals surface area contributed by atoms with E-state index in [9.17, 15) is 4.39 Å². The first-order chi connectivity index (χ1) is 10.2. The molecular weight excluding hydrogens is 297 g/mol. The number of hydrogen-bond acceptors (Lipinski definition) is 3. The molecular formula is C17H30FNO2Si. The van der Waals surface area contributed by atoms with Crippen LogP contribution in [0.1, 0.15) is 26.3 Å². The molecule has 1 aromatic rings. The fraction of sp³-hybridized carbons (Fsp3) is 0.647. The molecule has 1 N–H and O–H groups in total. The van der Waals surface area contributed by atoms with Crippen molar-refractivity contribution in [1.29, 1.82) is 0 Å². The van der Waals surface area contributed by atoms with Gasteiger partial charge < -0.3 is 9.16 Å². The standard InChI is InChI=1S/C17H30FNO2Si/c1-17(2,3)22(4,5)21-13-11-19-14-20-12-10-15-6-8-16(18)9-7-15/h6-9,19H,10-14H2,1-5H3. The Labute approximate surface area is 135 Å². The second kappa shape index (κ2) is 8.77. The van der Waals surface area contributed by atoms with Crippen LogP contribution >= 0.6 is 0 Å². The van der Waals surface area contributed by atoms with Crippen molar-refractivity contribution in [3.8, 4) is 0 Å². The Morgan fingerprint density at radius 1 is 1.09 bits per heavy atom. The average molecular weight is 328 g/mol. The second-order valence-corrected chi connectivity index (χ2v) is 11.8. The molecule has 0 saturated heterocycles. The van der Waals surface area contributed by atoms with Crippen molar-refractivity contribution in [2.75, 3.05) is 26.5 Å². The number of nitrogens with one attached hydrogen (secondary N) is 1. The zero-order valence-corrected chi connectivity index (χ0v) is 15.5. The average Bonchev–Trinajstić information content (AvgIpc) is 2.42. The maximum atomic E-state index is 12.8. The molecule has 0 heterocycles. The molecule has 1 aromatic carbocycles. The van der Waals surface area contributed by atoms with E-state index in [-0.39, 0.29) is 10.9 Å². The normalized spacial score (nSPS) is 12.6. The lowest BCUT2D eigenvalue weighted by atomic mass is 10.2. The Bertz CT molecular complexity index is 429. The first kappa shape index (κ1) is 19.3. The minimum atomic E-state index is -1.64. The van der Waals surface area contributed by atoms with Crippen LogP contribution in [-0.2, 0) is 15.6 Å². The van der Waals surface area contributed by atoms with Crippen molar-refractivity contribution in [3.63, 3.8) is 0 Å². The largest absolute Gasteiger partial charge is 0.416 e. The van der Waals surface area contributed by atoms with Crippen LogP contribution in [0.4, 0.5) is 4.39 Å². The van der Waals surface area contributed by atoms with E-state index in [1.807, 2.05) is 0 Å². The zero-order valence-electron chi connectivity index (χ0n) is 14.5. The first-order valence-corrected chi connectivity index (χ1v) is 10.8. The second-order valence-electron chi connectivity index (χ2n) is 7.04. The topological polar surface area (TPSA) is 30.5 Å². The van der Waals surface area contributed by atoms with E-state index in [1.54, 1.807) is 12.1 Å². The fourth-order valence-corrected chi connectivity index (χ4v) is 2.70. The van der Waals surface area contributed by atoms with Crippen LogP contribution in [0.3, 0.4) is 0 Å². The van der Waals surface area contributed by atoms with Crippen LogP contribution in [0.2, 0.25) is 18.1 Å². The van der Waals surface area contributed by atoms with Gasteiger partial charge in [-0.3, -0.25) is 5.32 Å². The van der Waals surface area contributed by atoms with Crippen molar-refractivity contribution in [1.82, 2.24) is 5.32 Å². The monoisotopic (exact) mass is 327 g/mol. The molecule has 3 nitrogen and oxygen atoms in total. The predicted molar refractivity (Wildman–Crippen MR) is 92.1 cm³/mol. The summed E-state index contributed by atoms with van der Waals surface area (Å²) in [7, 11) is -1.64. The third-order valence-electron chi connectivity index (χ3n) is 4.20. The Morgan fingerprint density at radius 3 is 2.32 bits per heavy atom. The zero-order chi connectivity index (χ0) is 16.6. The number of halogens is 1. The first-order valence-electron chi connectivity index (χ1n) is 7.89. The summed E-state index contributed by atoms with van der Waals surface area (Å²) >= 11 is 0. The smallest absolute Gasteiger partial charge is 0.192 e. The van der Waals surface area contributed by atoms with Gasteiger partial charge in [0.2, 0.25) is 0 Å². The molecule has 0 spiro atoms. The molecule has 0 aliphatic rings. The minimum absolute atomic E-state index is 0.201. The van der Waals surface area contributed by atoms with Crippen LogP contribution in [0.5, 0.6) is 0 Å². The van der Waals surface area contributed by atoms with Gasteiger partial charge in [0.25, 0.3) is 0 Å². The lowest BCUT2D eigenvalue weighted by Gasteiger charge is -2.36. The van der Waals surface area contributed by atoms with Gasteiger partial charge in [-0.2, -0.15) is 0 Å². The van der Waals surface area contributed by atoms with E-state index < -0.39 is 8.32 Å². The van der Waals surface area contributed by atoms with Crippen molar-refractivity contribution in [2.24, 2.45) is 0 Å². The SMILES string of the molecule is CC(C)(C)[Si](C)(C)OCCNCOCCc1ccc(F)cc1. The van der Waals surface area contributed by atoms with Crippen molar-refractivity contribution in [3.05, 3.63) is 35.6 Å². The van der Waals surface area contributed by atoms with Gasteiger partial charge in [-0.1, -0.05) is 32.9 Å². The van der Waals surface area contributed by atoms with E-state index in [0.717, 1.165) is 25.1 Å². The lowest BCUT2D eigenvalue weighted by molar-refractivity contribution is 0.115. The number of benzene rings is 1. The summed E-state index contributed by atoms with van der Waals surface area (Å²) in [6.07, 6.45) is 0.794. The molecule has 0 aliphatic carbocycles. The summed E-state index contributed by atoms with van der Waals surface area (Å²) in [6.45, 7) is 13.9. The molecule has 22 heavy (non-hydrogen) atoms. The number of rotatable bonds is 9. The van der Waals surface area contributed by atoms with Gasteiger partial charge >= 0.3 is 0 Å². The van der Waals surface area contributed by atoms with Gasteiger partial charge in [0.05, 0.1) is 13.3 Å². The Morgan fingerprint density at radius 2 is 1.73 bits per heavy atom. The summed E-state index contributed by atoms with van der Waals surface area (Å²) in [4.78, 5) is 0. The summed E-state index contributed by atoms with van der Waals surface area (Å²) in [5.41, 5.74) is 1.09. The maximum Gasteiger partial charge on any atom is 0.192 e. The number of ether oxygens (including phenoxy) is 1. The summed E-state index contributed by atoms with van der Waals surface area (Å²) < 4.78 is 24.3. The highest BCUT2D eigenvalue weighted by atomic mass is 28.4. The molecule has 126 valence electrons. The van der Waals surface area contributed by atoms with Gasteiger partial charge in [0, 0.05) is 13.2 Å². The van der Waals surface area contributed by atoms with Crippen molar-refractivity contribution in [2.45, 2.75) is 45.3 Å². The summed E-state index contributed by atoms with van der Waals surface area (Å²) in [6, 6.07) is 6.54. The Balaban J connectivity index is 2.03. The van der Waals surface area contributed by atoms with Crippen molar-refractivity contribution < 1.29 is 13.6 Å². The van der Waals surface area contributed by atoms with Crippen LogP contribution in [0.15, 0.2) is 24.3 Å². The van der Waals surface area contributed by atoms with E-state index in [4.69, 9.17) is 9.16 Å². The quantitative estimate of drug-likeness (QED) is 0.423. The fourth-order valence-electron chi connectivity index (χ4n) is 1.65. The molecule has 0 bridgehead atoms. The molecule has 0 unspecified atom stereocenters. The molecule has 0 aliphatic heterocycles. The number of hydrogen-bond donors (Lipinski definition) is 1. The predicted octanol–water partition coefficient (Wildman–Crippen LogP) is 3.95. The highest BCUT2D eigenvalue weighted by Gasteiger charge is 2.36. The van der Waals surface area contributed by atoms with Crippen LogP contribution in [-0.4, -0.2) is 34.8 Å².